The van der Waals surface area contributed by atoms with Gasteiger partial charge in [0.1, 0.15) is 17.3 Å². The lowest BCUT2D eigenvalue weighted by Gasteiger charge is -2.15. The molecule has 2 rings (SSSR count). The van der Waals surface area contributed by atoms with Gasteiger partial charge in [-0.15, -0.1) is 0 Å². The zero-order valence-corrected chi connectivity index (χ0v) is 12.9. The van der Waals surface area contributed by atoms with Crippen molar-refractivity contribution in [1.82, 2.24) is 4.90 Å². The van der Waals surface area contributed by atoms with Crippen molar-refractivity contribution in [2.24, 2.45) is 0 Å². The van der Waals surface area contributed by atoms with Gasteiger partial charge in [0.15, 0.2) is 0 Å². The summed E-state index contributed by atoms with van der Waals surface area (Å²) in [5.74, 6) is 1.44. The zero-order valence-electron chi connectivity index (χ0n) is 12.9. The molecule has 0 aliphatic carbocycles. The van der Waals surface area contributed by atoms with Crippen molar-refractivity contribution in [1.29, 1.82) is 0 Å². The highest BCUT2D eigenvalue weighted by Crippen LogP contribution is 2.17. The summed E-state index contributed by atoms with van der Waals surface area (Å²) in [6.45, 7) is -0.316. The molecule has 1 aromatic carbocycles. The number of hydrogen-bond donors (Lipinski definition) is 1. The number of alkyl halides is 2. The van der Waals surface area contributed by atoms with Crippen molar-refractivity contribution < 1.29 is 22.7 Å². The van der Waals surface area contributed by atoms with Gasteiger partial charge in [-0.3, -0.25) is 9.69 Å². The number of aryl methyl sites for hydroxylation is 1. The number of ether oxygens (including phenoxy) is 1. The molecule has 0 fully saturated rings. The molecule has 0 spiro atoms. The number of nitrogens with zero attached hydrogens (tertiary/aromatic N) is 1. The monoisotopic (exact) mass is 324 g/mol. The van der Waals surface area contributed by atoms with Gasteiger partial charge in [0.25, 0.3) is 0 Å². The highest BCUT2D eigenvalue weighted by atomic mass is 19.3. The van der Waals surface area contributed by atoms with Crippen LogP contribution in [0.3, 0.4) is 0 Å². The van der Waals surface area contributed by atoms with Gasteiger partial charge in [0.05, 0.1) is 13.1 Å². The van der Waals surface area contributed by atoms with Crippen molar-refractivity contribution >= 4 is 11.6 Å². The molecule has 1 amide bonds. The number of rotatable bonds is 7. The predicted octanol–water partition coefficient (Wildman–Crippen LogP) is 3.26. The fourth-order valence-corrected chi connectivity index (χ4v) is 2.06. The summed E-state index contributed by atoms with van der Waals surface area (Å²) in [5, 5.41) is 2.69. The number of hydrogen-bond acceptors (Lipinski definition) is 4. The van der Waals surface area contributed by atoms with Gasteiger partial charge in [0.2, 0.25) is 5.91 Å². The van der Waals surface area contributed by atoms with Crippen LogP contribution in [0.5, 0.6) is 5.75 Å². The van der Waals surface area contributed by atoms with Gasteiger partial charge in [-0.05, 0) is 50.4 Å². The molecule has 0 atom stereocenters. The molecule has 0 aliphatic heterocycles. The largest absolute Gasteiger partial charge is 0.465 e. The molecule has 5 nitrogen and oxygen atoms in total. The molecule has 0 unspecified atom stereocenters. The number of benzene rings is 1. The van der Waals surface area contributed by atoms with E-state index in [0.29, 0.717) is 12.2 Å². The average molecular weight is 324 g/mol. The minimum atomic E-state index is -2.87. The van der Waals surface area contributed by atoms with Gasteiger partial charge in [-0.2, -0.15) is 8.78 Å². The normalized spacial score (nSPS) is 11.0. The summed E-state index contributed by atoms with van der Waals surface area (Å²) in [4.78, 5) is 13.8. The molecule has 0 bridgehead atoms. The molecule has 0 radical (unpaired) electrons. The van der Waals surface area contributed by atoms with Crippen LogP contribution in [0.25, 0.3) is 0 Å². The van der Waals surface area contributed by atoms with Crippen LogP contribution < -0.4 is 10.1 Å². The second kappa shape index (κ2) is 7.73. The van der Waals surface area contributed by atoms with E-state index < -0.39 is 6.61 Å². The van der Waals surface area contributed by atoms with Gasteiger partial charge in [0, 0.05) is 5.69 Å². The second-order valence-electron chi connectivity index (χ2n) is 5.14. The number of likely N-dealkylation sites (N-methyl/N-ethyl adjacent to an activating group) is 1. The van der Waals surface area contributed by atoms with E-state index in [1.54, 1.807) is 7.05 Å². The third kappa shape index (κ3) is 5.71. The quantitative estimate of drug-likeness (QED) is 0.849. The first kappa shape index (κ1) is 17.0. The van der Waals surface area contributed by atoms with E-state index in [1.165, 1.54) is 24.3 Å². The molecular weight excluding hydrogens is 306 g/mol. The van der Waals surface area contributed by atoms with E-state index in [4.69, 9.17) is 4.42 Å². The number of carbonyl (C=O) groups excluding carboxylic acids is 1. The Morgan fingerprint density at radius 2 is 1.96 bits per heavy atom. The van der Waals surface area contributed by atoms with Crippen LogP contribution >= 0.6 is 0 Å². The van der Waals surface area contributed by atoms with Gasteiger partial charge in [-0.25, -0.2) is 0 Å². The van der Waals surface area contributed by atoms with Crippen LogP contribution in [0.15, 0.2) is 40.8 Å². The number of furan rings is 1. The van der Waals surface area contributed by atoms with E-state index in [0.717, 1.165) is 11.5 Å². The molecule has 0 saturated carbocycles. The van der Waals surface area contributed by atoms with E-state index in [9.17, 15) is 13.6 Å². The fourth-order valence-electron chi connectivity index (χ4n) is 2.06. The molecular formula is C16H18F2N2O3. The van der Waals surface area contributed by atoms with Gasteiger partial charge >= 0.3 is 6.61 Å². The third-order valence-electron chi connectivity index (χ3n) is 3.00. The van der Waals surface area contributed by atoms with E-state index in [2.05, 4.69) is 10.1 Å². The van der Waals surface area contributed by atoms with Crippen LogP contribution in [0.2, 0.25) is 0 Å². The summed E-state index contributed by atoms with van der Waals surface area (Å²) in [5.41, 5.74) is 0.513. The van der Waals surface area contributed by atoms with Crippen molar-refractivity contribution in [2.45, 2.75) is 20.1 Å². The third-order valence-corrected chi connectivity index (χ3v) is 3.00. The Labute approximate surface area is 132 Å². The first-order valence-electron chi connectivity index (χ1n) is 7.01. The molecule has 2 aromatic rings. The van der Waals surface area contributed by atoms with Crippen molar-refractivity contribution in [2.75, 3.05) is 18.9 Å². The lowest BCUT2D eigenvalue weighted by Crippen LogP contribution is -2.29. The number of anilines is 1. The Morgan fingerprint density at radius 3 is 2.52 bits per heavy atom. The Balaban J connectivity index is 1.81. The molecule has 124 valence electrons. The molecule has 1 heterocycles. The molecule has 7 heteroatoms. The van der Waals surface area contributed by atoms with E-state index in [-0.39, 0.29) is 18.2 Å². The molecule has 23 heavy (non-hydrogen) atoms. The summed E-state index contributed by atoms with van der Waals surface area (Å²) in [6, 6.07) is 9.49. The van der Waals surface area contributed by atoms with E-state index >= 15 is 0 Å². The maximum atomic E-state index is 12.0. The number of amides is 1. The first-order valence-corrected chi connectivity index (χ1v) is 7.01. The maximum Gasteiger partial charge on any atom is 0.387 e. The highest BCUT2D eigenvalue weighted by molar-refractivity contribution is 5.92. The van der Waals surface area contributed by atoms with Crippen LogP contribution in [0.4, 0.5) is 14.5 Å². The van der Waals surface area contributed by atoms with Gasteiger partial charge < -0.3 is 14.5 Å². The predicted molar refractivity (Wildman–Crippen MR) is 81.5 cm³/mol. The molecule has 0 saturated heterocycles. The minimum absolute atomic E-state index is 0.0447. The first-order chi connectivity index (χ1) is 10.9. The van der Waals surface area contributed by atoms with Crippen molar-refractivity contribution in [3.8, 4) is 5.75 Å². The smallest absolute Gasteiger partial charge is 0.387 e. The molecule has 0 aliphatic rings. The summed E-state index contributed by atoms with van der Waals surface area (Å²) in [7, 11) is 1.80. The summed E-state index contributed by atoms with van der Waals surface area (Å²) in [6.07, 6.45) is 0. The molecule has 1 N–H and O–H groups in total. The van der Waals surface area contributed by atoms with Crippen LogP contribution in [0.1, 0.15) is 11.5 Å². The zero-order chi connectivity index (χ0) is 16.8. The fraction of sp³-hybridized carbons (Fsp3) is 0.312. The van der Waals surface area contributed by atoms with Gasteiger partial charge in [-0.1, -0.05) is 0 Å². The Morgan fingerprint density at radius 1 is 1.26 bits per heavy atom. The summed E-state index contributed by atoms with van der Waals surface area (Å²) >= 11 is 0. The number of halogens is 2. The van der Waals surface area contributed by atoms with Crippen LogP contribution in [-0.2, 0) is 11.3 Å². The lowest BCUT2D eigenvalue weighted by molar-refractivity contribution is -0.117. The second-order valence-corrected chi connectivity index (χ2v) is 5.14. The SMILES string of the molecule is Cc1ccc(CN(C)CC(=O)Nc2ccc(OC(F)F)cc2)o1. The Hall–Kier alpha value is -2.41. The number of nitrogens with one attached hydrogen (secondary N) is 1. The lowest BCUT2D eigenvalue weighted by atomic mass is 10.3. The average Bonchev–Trinajstić information content (AvgIpc) is 2.85. The number of carbonyl (C=O) groups is 1. The summed E-state index contributed by atoms with van der Waals surface area (Å²) < 4.78 is 33.8. The minimum Gasteiger partial charge on any atom is -0.465 e. The maximum absolute atomic E-state index is 12.0. The van der Waals surface area contributed by atoms with E-state index in [1.807, 2.05) is 24.0 Å². The topological polar surface area (TPSA) is 54.7 Å². The Bertz CT molecular complexity index is 641. The highest BCUT2D eigenvalue weighted by Gasteiger charge is 2.10. The van der Waals surface area contributed by atoms with Crippen LogP contribution in [-0.4, -0.2) is 31.0 Å². The van der Waals surface area contributed by atoms with Crippen molar-refractivity contribution in [3.63, 3.8) is 0 Å². The van der Waals surface area contributed by atoms with Crippen molar-refractivity contribution in [3.05, 3.63) is 47.9 Å². The molecule has 1 aromatic heterocycles. The Kier molecular flexibility index (Phi) is 5.70. The van der Waals surface area contributed by atoms with Crippen LogP contribution in [0, 0.1) is 6.92 Å². The standard InChI is InChI=1S/C16H18F2N2O3/c1-11-3-6-14(22-11)9-20(2)10-15(21)19-12-4-7-13(8-5-12)23-16(17)18/h3-8,16H,9-10H2,1-2H3,(H,19,21).